The van der Waals surface area contributed by atoms with E-state index in [1.165, 1.54) is 11.8 Å². The molecule has 2 fully saturated rings. The SMILES string of the molecule is COc1ccc(-c2cc(/C=C3\SC(=S)N(CCc4ccc(C(=O)O)cc4)C3=O)ccc2OCCN2CCOCC2)cc1Cl. The molecule has 0 atom stereocenters. The highest BCUT2D eigenvalue weighted by Crippen LogP contribution is 2.38. The summed E-state index contributed by atoms with van der Waals surface area (Å²) in [6.07, 6.45) is 2.39. The van der Waals surface area contributed by atoms with E-state index in [4.69, 9.17) is 43.1 Å². The van der Waals surface area contributed by atoms with Crippen molar-refractivity contribution in [3.8, 4) is 22.6 Å². The van der Waals surface area contributed by atoms with Crippen LogP contribution in [-0.2, 0) is 16.0 Å². The van der Waals surface area contributed by atoms with E-state index in [1.54, 1.807) is 36.3 Å². The summed E-state index contributed by atoms with van der Waals surface area (Å²) < 4.78 is 17.5. The zero-order valence-corrected chi connectivity index (χ0v) is 26.0. The van der Waals surface area contributed by atoms with E-state index in [0.717, 1.165) is 55.1 Å². The number of amides is 1. The molecule has 1 amide bonds. The minimum absolute atomic E-state index is 0.156. The monoisotopic (exact) mass is 638 g/mol. The van der Waals surface area contributed by atoms with Gasteiger partial charge in [-0.25, -0.2) is 4.79 Å². The molecule has 0 aliphatic carbocycles. The van der Waals surface area contributed by atoms with Crippen LogP contribution in [0.15, 0.2) is 65.6 Å². The number of rotatable bonds is 11. The maximum atomic E-state index is 13.3. The Balaban J connectivity index is 1.33. The van der Waals surface area contributed by atoms with Crippen LogP contribution in [-0.4, -0.2) is 84.2 Å². The van der Waals surface area contributed by atoms with Crippen LogP contribution in [0, 0.1) is 0 Å². The second-order valence-corrected chi connectivity index (χ2v) is 12.1. The molecule has 1 N–H and O–H groups in total. The number of carboxylic acids is 1. The zero-order chi connectivity index (χ0) is 30.3. The molecule has 0 radical (unpaired) electrons. The van der Waals surface area contributed by atoms with E-state index in [1.807, 2.05) is 42.5 Å². The van der Waals surface area contributed by atoms with Gasteiger partial charge >= 0.3 is 5.97 Å². The molecule has 2 aliphatic heterocycles. The third kappa shape index (κ3) is 7.76. The number of hydrogen-bond donors (Lipinski definition) is 1. The number of methoxy groups -OCH3 is 1. The minimum Gasteiger partial charge on any atom is -0.495 e. The lowest BCUT2D eigenvalue weighted by molar-refractivity contribution is -0.122. The summed E-state index contributed by atoms with van der Waals surface area (Å²) in [5, 5.41) is 9.60. The summed E-state index contributed by atoms with van der Waals surface area (Å²) in [7, 11) is 1.58. The molecule has 0 spiro atoms. The average Bonchev–Trinajstić information content (AvgIpc) is 3.28. The van der Waals surface area contributed by atoms with Crippen LogP contribution >= 0.6 is 35.6 Å². The van der Waals surface area contributed by atoms with Crippen LogP contribution in [0.25, 0.3) is 17.2 Å². The number of halogens is 1. The molecule has 224 valence electrons. The van der Waals surface area contributed by atoms with Gasteiger partial charge < -0.3 is 19.3 Å². The number of benzene rings is 3. The number of carbonyl (C=O) groups is 2. The van der Waals surface area contributed by atoms with Gasteiger partial charge in [-0.2, -0.15) is 0 Å². The Morgan fingerprint density at radius 1 is 1.07 bits per heavy atom. The fourth-order valence-corrected chi connectivity index (χ4v) is 6.40. The molecule has 0 unspecified atom stereocenters. The van der Waals surface area contributed by atoms with Crippen molar-refractivity contribution < 1.29 is 28.9 Å². The smallest absolute Gasteiger partial charge is 0.335 e. The van der Waals surface area contributed by atoms with Crippen molar-refractivity contribution >= 4 is 57.9 Å². The van der Waals surface area contributed by atoms with Crippen LogP contribution < -0.4 is 9.47 Å². The zero-order valence-electron chi connectivity index (χ0n) is 23.6. The second kappa shape index (κ2) is 14.4. The number of nitrogens with zero attached hydrogens (tertiary/aromatic N) is 2. The van der Waals surface area contributed by atoms with Crippen LogP contribution in [0.5, 0.6) is 11.5 Å². The number of hydrogen-bond acceptors (Lipinski definition) is 8. The summed E-state index contributed by atoms with van der Waals surface area (Å²) in [6, 6.07) is 18.1. The number of thioether (sulfide) groups is 1. The lowest BCUT2D eigenvalue weighted by atomic mass is 10.0. The van der Waals surface area contributed by atoms with Crippen molar-refractivity contribution in [3.05, 3.63) is 87.3 Å². The Kier molecular flexibility index (Phi) is 10.4. The first kappa shape index (κ1) is 31.0. The maximum absolute atomic E-state index is 13.3. The fourth-order valence-electron chi connectivity index (χ4n) is 4.83. The Labute approximate surface area is 265 Å². The number of morpholine rings is 1. The molecule has 8 nitrogen and oxygen atoms in total. The number of thiocarbonyl (C=S) groups is 1. The first-order valence-electron chi connectivity index (χ1n) is 13.8. The van der Waals surface area contributed by atoms with Crippen LogP contribution in [0.3, 0.4) is 0 Å². The molecular weight excluding hydrogens is 608 g/mol. The van der Waals surface area contributed by atoms with Crippen molar-refractivity contribution in [1.82, 2.24) is 9.80 Å². The molecule has 0 aromatic heterocycles. The summed E-state index contributed by atoms with van der Waals surface area (Å²) >= 11 is 13.3. The molecular formula is C32H31ClN2O6S2. The predicted molar refractivity (Wildman–Crippen MR) is 173 cm³/mol. The maximum Gasteiger partial charge on any atom is 0.335 e. The molecule has 2 heterocycles. The van der Waals surface area contributed by atoms with Crippen molar-refractivity contribution in [3.63, 3.8) is 0 Å². The van der Waals surface area contributed by atoms with E-state index >= 15 is 0 Å². The molecule has 0 saturated carbocycles. The van der Waals surface area contributed by atoms with Gasteiger partial charge in [-0.05, 0) is 65.6 Å². The number of carbonyl (C=O) groups excluding carboxylic acids is 1. The van der Waals surface area contributed by atoms with Crippen molar-refractivity contribution in [2.24, 2.45) is 0 Å². The Hall–Kier alpha value is -3.41. The first-order chi connectivity index (χ1) is 20.8. The highest BCUT2D eigenvalue weighted by molar-refractivity contribution is 8.26. The Bertz CT molecular complexity index is 1540. The van der Waals surface area contributed by atoms with Crippen LogP contribution in [0.4, 0.5) is 0 Å². The quantitative estimate of drug-likeness (QED) is 0.205. The lowest BCUT2D eigenvalue weighted by Gasteiger charge is -2.26. The third-order valence-corrected chi connectivity index (χ3v) is 8.90. The second-order valence-electron chi connectivity index (χ2n) is 9.99. The van der Waals surface area contributed by atoms with E-state index in [2.05, 4.69) is 4.90 Å². The van der Waals surface area contributed by atoms with Gasteiger partial charge in [0.25, 0.3) is 5.91 Å². The van der Waals surface area contributed by atoms with Crippen LogP contribution in [0.2, 0.25) is 5.02 Å². The van der Waals surface area contributed by atoms with Gasteiger partial charge in [0.05, 0.1) is 35.8 Å². The van der Waals surface area contributed by atoms with Gasteiger partial charge in [-0.15, -0.1) is 0 Å². The normalized spacial score (nSPS) is 16.6. The number of aromatic carboxylic acids is 1. The molecule has 2 aliphatic rings. The van der Waals surface area contributed by atoms with E-state index in [-0.39, 0.29) is 11.5 Å². The Morgan fingerprint density at radius 3 is 2.51 bits per heavy atom. The molecule has 5 rings (SSSR count). The molecule has 0 bridgehead atoms. The van der Waals surface area contributed by atoms with Gasteiger partial charge in [0.1, 0.15) is 22.4 Å². The molecule has 3 aromatic rings. The van der Waals surface area contributed by atoms with E-state index in [9.17, 15) is 9.59 Å². The summed E-state index contributed by atoms with van der Waals surface area (Å²) in [4.78, 5) is 28.9. The van der Waals surface area contributed by atoms with Gasteiger partial charge in [-0.3, -0.25) is 14.6 Å². The largest absolute Gasteiger partial charge is 0.495 e. The van der Waals surface area contributed by atoms with Crippen LogP contribution in [0.1, 0.15) is 21.5 Å². The standard InChI is InChI=1S/C32H31ClN2O6S2/c1-39-28-9-7-24(20-26(28)33)25-18-22(4-8-27(25)41-17-14-34-12-15-40-16-13-34)19-29-30(36)35(32(42)43-29)11-10-21-2-5-23(6-3-21)31(37)38/h2-9,18-20H,10-17H2,1H3,(H,37,38)/b29-19-. The van der Waals surface area contributed by atoms with E-state index < -0.39 is 5.97 Å². The summed E-state index contributed by atoms with van der Waals surface area (Å²) in [5.74, 6) is 0.169. The first-order valence-corrected chi connectivity index (χ1v) is 15.4. The van der Waals surface area contributed by atoms with Crippen molar-refractivity contribution in [2.45, 2.75) is 6.42 Å². The molecule has 43 heavy (non-hydrogen) atoms. The minimum atomic E-state index is -0.973. The van der Waals surface area contributed by atoms with Gasteiger partial charge in [-0.1, -0.05) is 59.8 Å². The highest BCUT2D eigenvalue weighted by atomic mass is 35.5. The van der Waals surface area contributed by atoms with Crippen molar-refractivity contribution in [1.29, 1.82) is 0 Å². The molecule has 2 saturated heterocycles. The van der Waals surface area contributed by atoms with Gasteiger partial charge in [0.15, 0.2) is 0 Å². The van der Waals surface area contributed by atoms with Crippen molar-refractivity contribution in [2.75, 3.05) is 53.1 Å². The summed E-state index contributed by atoms with van der Waals surface area (Å²) in [6.45, 7) is 4.96. The highest BCUT2D eigenvalue weighted by Gasteiger charge is 2.31. The fraction of sp³-hybridized carbons (Fsp3) is 0.281. The Morgan fingerprint density at radius 2 is 1.81 bits per heavy atom. The van der Waals surface area contributed by atoms with E-state index in [0.29, 0.717) is 45.3 Å². The molecule has 11 heteroatoms. The average molecular weight is 639 g/mol. The summed E-state index contributed by atoms with van der Waals surface area (Å²) in [5.41, 5.74) is 3.69. The third-order valence-electron chi connectivity index (χ3n) is 7.23. The molecule has 3 aromatic carbocycles. The predicted octanol–water partition coefficient (Wildman–Crippen LogP) is 5.87. The number of carboxylic acid groups (broad SMARTS) is 1. The topological polar surface area (TPSA) is 88.5 Å². The van der Waals surface area contributed by atoms with Gasteiger partial charge in [0.2, 0.25) is 0 Å². The number of ether oxygens (including phenoxy) is 3. The lowest BCUT2D eigenvalue weighted by Crippen LogP contribution is -2.38. The van der Waals surface area contributed by atoms with Gasteiger partial charge in [0, 0.05) is 31.7 Å².